The third-order valence-corrected chi connectivity index (χ3v) is 20.7. The second-order valence-electron chi connectivity index (χ2n) is 17.6. The first-order valence-corrected chi connectivity index (χ1v) is 26.7. The molecule has 2 aliphatic rings. The molecule has 0 fully saturated rings. The SMILES string of the molecule is ClP(CC1=Cc2nc1c(-c1ccccc1)c1ccc([nH]1)c(-c1ccccc1)c1nc(c(-c3ccccc3)c3ccc([nH]3)c2-c2ccccc2)C=C1)(c1ccccc1)(c1ccccc1)c1ccccc1. The number of allylic oxidation sites excluding steroid dienone is 1. The van der Waals surface area contributed by atoms with E-state index in [2.05, 4.69) is 265 Å². The molecule has 2 aliphatic heterocycles. The molecule has 4 nitrogen and oxygen atoms in total. The molecule has 7 aromatic carbocycles. The molecule has 0 atom stereocenters. The zero-order chi connectivity index (χ0) is 46.2. The summed E-state index contributed by atoms with van der Waals surface area (Å²) in [4.78, 5) is 19.3. The van der Waals surface area contributed by atoms with Crippen LogP contribution in [0.5, 0.6) is 0 Å². The van der Waals surface area contributed by atoms with Crippen molar-refractivity contribution in [3.05, 3.63) is 259 Å². The fourth-order valence-corrected chi connectivity index (χ4v) is 16.5. The molecular weight excluding hydrogens is 879 g/mol. The Morgan fingerprint density at radius 3 is 1.00 bits per heavy atom. The summed E-state index contributed by atoms with van der Waals surface area (Å²) >= 11 is 9.02. The summed E-state index contributed by atoms with van der Waals surface area (Å²) in [6, 6.07) is 83.4. The van der Waals surface area contributed by atoms with Crippen molar-refractivity contribution in [2.24, 2.45) is 0 Å². The van der Waals surface area contributed by atoms with Gasteiger partial charge in [0.1, 0.15) is 0 Å². The van der Waals surface area contributed by atoms with Crippen LogP contribution in [-0.4, -0.2) is 26.1 Å². The Balaban J connectivity index is 1.28. The minimum atomic E-state index is -3.92. The van der Waals surface area contributed by atoms with E-state index in [0.29, 0.717) is 6.16 Å². The van der Waals surface area contributed by atoms with Crippen LogP contribution >= 0.6 is 17.2 Å². The first-order chi connectivity index (χ1) is 34.0. The monoisotopic (exact) mass is 924 g/mol. The van der Waals surface area contributed by atoms with Crippen LogP contribution in [0, 0.1) is 0 Å². The van der Waals surface area contributed by atoms with Crippen LogP contribution in [0.3, 0.4) is 0 Å². The quantitative estimate of drug-likeness (QED) is 0.142. The fraction of sp³-hybridized carbons (Fsp3) is 0.0159. The Morgan fingerprint density at radius 1 is 0.333 bits per heavy atom. The molecule has 0 unspecified atom stereocenters. The molecule has 0 saturated heterocycles. The zero-order valence-corrected chi connectivity index (χ0v) is 39.3. The van der Waals surface area contributed by atoms with Crippen molar-refractivity contribution in [2.45, 2.75) is 0 Å². The van der Waals surface area contributed by atoms with Crippen molar-refractivity contribution >= 4 is 79.0 Å². The van der Waals surface area contributed by atoms with Crippen molar-refractivity contribution in [1.82, 2.24) is 19.9 Å². The van der Waals surface area contributed by atoms with Crippen LogP contribution in [0.1, 0.15) is 22.8 Å². The van der Waals surface area contributed by atoms with Crippen molar-refractivity contribution in [1.29, 1.82) is 0 Å². The number of aromatic amines is 2. The average molecular weight is 926 g/mol. The Hall–Kier alpha value is -8.14. The van der Waals surface area contributed by atoms with Crippen molar-refractivity contribution in [3.63, 3.8) is 0 Å². The predicted molar refractivity (Wildman–Crippen MR) is 295 cm³/mol. The van der Waals surface area contributed by atoms with Gasteiger partial charge in [-0.1, -0.05) is 6.07 Å². The standard InChI is InChI=1S/C63H46ClN4P/c64-69(49-30-16-5-17-31-49,50-32-18-6-19-33-50,51-34-20-7-21-35-51)43-48-42-58-61(46-26-12-3-13-27-46)56-39-38-54(66-56)59(44-22-8-1-9-23-44)52-36-37-53(65-52)60(45-24-10-2-11-25-45)55-40-41-57(67-55)62(63(48)68-58)47-28-14-4-15-29-47/h1-42,66-67H,43H2. The molecule has 10 aromatic rings. The van der Waals surface area contributed by atoms with Crippen LogP contribution in [0.2, 0.25) is 0 Å². The third kappa shape index (κ3) is 7.37. The number of rotatable bonds is 9. The topological polar surface area (TPSA) is 57.4 Å². The van der Waals surface area contributed by atoms with Gasteiger partial charge in [-0.3, -0.25) is 0 Å². The van der Waals surface area contributed by atoms with E-state index in [9.17, 15) is 0 Å². The van der Waals surface area contributed by atoms with Gasteiger partial charge in [-0.25, -0.2) is 0 Å². The van der Waals surface area contributed by atoms with Gasteiger partial charge in [0, 0.05) is 0 Å². The molecule has 0 spiro atoms. The van der Waals surface area contributed by atoms with Gasteiger partial charge in [0.05, 0.1) is 0 Å². The van der Waals surface area contributed by atoms with E-state index in [1.54, 1.807) is 0 Å². The Bertz CT molecular complexity index is 3640. The van der Waals surface area contributed by atoms with Crippen LogP contribution < -0.4 is 15.9 Å². The number of hydrogen-bond acceptors (Lipinski definition) is 2. The number of aromatic nitrogens is 4. The molecular formula is C63H46ClN4P. The van der Waals surface area contributed by atoms with Gasteiger partial charge >= 0.3 is 403 Å². The van der Waals surface area contributed by atoms with E-state index in [0.717, 1.165) is 111 Å². The van der Waals surface area contributed by atoms with Crippen molar-refractivity contribution < 1.29 is 0 Å². The van der Waals surface area contributed by atoms with Gasteiger partial charge in [0.2, 0.25) is 0 Å². The second kappa shape index (κ2) is 17.5. The summed E-state index contributed by atoms with van der Waals surface area (Å²) in [5.41, 5.74) is 16.5. The molecule has 0 radical (unpaired) electrons. The van der Waals surface area contributed by atoms with E-state index in [4.69, 9.17) is 21.2 Å². The molecule has 0 saturated carbocycles. The molecule has 12 rings (SSSR count). The molecule has 3 aromatic heterocycles. The van der Waals surface area contributed by atoms with E-state index in [-0.39, 0.29) is 0 Å². The first-order valence-electron chi connectivity index (χ1n) is 23.3. The molecule has 0 amide bonds. The summed E-state index contributed by atoms with van der Waals surface area (Å²) in [5, 5.41) is 3.27. The molecule has 2 N–H and O–H groups in total. The van der Waals surface area contributed by atoms with Crippen molar-refractivity contribution in [2.75, 3.05) is 6.16 Å². The number of benzene rings is 7. The molecule has 8 bridgehead atoms. The summed E-state index contributed by atoms with van der Waals surface area (Å²) < 4.78 is 0. The summed E-state index contributed by atoms with van der Waals surface area (Å²) in [6.45, 7) is 0. The normalized spacial score (nSPS) is 12.8. The van der Waals surface area contributed by atoms with Crippen molar-refractivity contribution in [3.8, 4) is 44.5 Å². The number of H-pyrrole nitrogens is 2. The summed E-state index contributed by atoms with van der Waals surface area (Å²) in [7, 11) is 0. The molecule has 330 valence electrons. The second-order valence-corrected chi connectivity index (χ2v) is 24.1. The first kappa shape index (κ1) is 42.2. The summed E-state index contributed by atoms with van der Waals surface area (Å²) in [6.07, 6.45) is 7.10. The molecule has 69 heavy (non-hydrogen) atoms. The van der Waals surface area contributed by atoms with E-state index >= 15 is 0 Å². The molecule has 6 heteroatoms. The van der Waals surface area contributed by atoms with Crippen LogP contribution in [0.25, 0.3) is 90.4 Å². The average Bonchev–Trinajstić information content (AvgIpc) is 4.27. The van der Waals surface area contributed by atoms with Crippen LogP contribution in [-0.2, 0) is 0 Å². The van der Waals surface area contributed by atoms with Gasteiger partial charge in [-0.15, -0.1) is 0 Å². The van der Waals surface area contributed by atoms with Gasteiger partial charge in [-0.05, 0) is 0 Å². The fourth-order valence-electron chi connectivity index (χ4n) is 10.4. The maximum atomic E-state index is 9.02. The Labute approximate surface area is 406 Å². The third-order valence-electron chi connectivity index (χ3n) is 13.5. The molecule has 5 heterocycles. The van der Waals surface area contributed by atoms with E-state index in [1.165, 1.54) is 0 Å². The molecule has 0 aliphatic carbocycles. The number of fused-ring (bicyclic) bond motifs is 8. The predicted octanol–water partition coefficient (Wildman–Crippen LogP) is 15.4. The Morgan fingerprint density at radius 2 is 0.638 bits per heavy atom. The number of nitrogens with zero attached hydrogens (tertiary/aromatic N) is 2. The number of halogens is 1. The van der Waals surface area contributed by atoms with Gasteiger partial charge in [0.15, 0.2) is 0 Å². The summed E-state index contributed by atoms with van der Waals surface area (Å²) in [5.74, 6) is -3.92. The maximum absolute atomic E-state index is 9.02. The number of hydrogen-bond donors (Lipinski definition) is 2. The zero-order valence-electron chi connectivity index (χ0n) is 37.7. The Kier molecular flexibility index (Phi) is 10.7. The van der Waals surface area contributed by atoms with Gasteiger partial charge in [0.25, 0.3) is 0 Å². The van der Waals surface area contributed by atoms with Crippen LogP contribution in [0.4, 0.5) is 0 Å². The number of nitrogens with one attached hydrogen (secondary N) is 2. The van der Waals surface area contributed by atoms with E-state index in [1.807, 2.05) is 0 Å². The van der Waals surface area contributed by atoms with Gasteiger partial charge < -0.3 is 0 Å². The minimum absolute atomic E-state index is 0.489. The van der Waals surface area contributed by atoms with Gasteiger partial charge in [-0.2, -0.15) is 0 Å². The van der Waals surface area contributed by atoms with E-state index < -0.39 is 5.96 Å². The van der Waals surface area contributed by atoms with Crippen LogP contribution in [0.15, 0.2) is 237 Å².